The first kappa shape index (κ1) is 10.4. The number of nitrogens with one attached hydrogen (secondary N) is 2. The van der Waals surface area contributed by atoms with Crippen LogP contribution in [0.5, 0.6) is 0 Å². The number of aliphatic carboxylic acids is 1. The van der Waals surface area contributed by atoms with E-state index in [1.165, 1.54) is 6.20 Å². The second-order valence-electron chi connectivity index (χ2n) is 3.43. The minimum Gasteiger partial charge on any atom is -0.481 e. The van der Waals surface area contributed by atoms with Crippen LogP contribution in [0.4, 0.5) is 0 Å². The van der Waals surface area contributed by atoms with E-state index in [1.54, 1.807) is 6.92 Å². The highest BCUT2D eigenvalue weighted by Gasteiger charge is 2.32. The molecule has 0 spiro atoms. The Morgan fingerprint density at radius 3 is 3.00 bits per heavy atom. The Labute approximate surface area is 80.8 Å². The van der Waals surface area contributed by atoms with Crippen molar-refractivity contribution in [3.63, 3.8) is 0 Å². The van der Waals surface area contributed by atoms with Gasteiger partial charge in [-0.1, -0.05) is 5.21 Å². The molecule has 0 fully saturated rings. The molecule has 0 aromatic carbocycles. The largest absolute Gasteiger partial charge is 0.481 e. The molecule has 1 aromatic heterocycles. The van der Waals surface area contributed by atoms with Crippen molar-refractivity contribution in [2.24, 2.45) is 5.41 Å². The van der Waals surface area contributed by atoms with E-state index in [0.717, 1.165) is 6.21 Å². The highest BCUT2D eigenvalue weighted by Crippen LogP contribution is 2.24. The molecule has 0 bridgehead atoms. The van der Waals surface area contributed by atoms with Crippen molar-refractivity contribution in [3.05, 3.63) is 11.9 Å². The SMILES string of the molecule is CC(CC=N)(Cc1cnn[nH]1)C(=O)O. The summed E-state index contributed by atoms with van der Waals surface area (Å²) in [6.07, 6.45) is 3.09. The van der Waals surface area contributed by atoms with Crippen LogP contribution in [0, 0.1) is 10.8 Å². The average molecular weight is 196 g/mol. The number of aromatic nitrogens is 3. The molecule has 3 N–H and O–H groups in total. The van der Waals surface area contributed by atoms with Crippen LogP contribution in [-0.4, -0.2) is 32.7 Å². The molecule has 1 unspecified atom stereocenters. The van der Waals surface area contributed by atoms with Crippen molar-refractivity contribution in [1.82, 2.24) is 15.4 Å². The predicted octanol–water partition coefficient (Wildman–Crippen LogP) is 0.478. The Hall–Kier alpha value is -1.72. The summed E-state index contributed by atoms with van der Waals surface area (Å²) in [5, 5.41) is 25.6. The maximum atomic E-state index is 11.0. The molecule has 0 aliphatic carbocycles. The van der Waals surface area contributed by atoms with Gasteiger partial charge in [0.25, 0.3) is 0 Å². The van der Waals surface area contributed by atoms with Gasteiger partial charge in [0, 0.05) is 6.42 Å². The van der Waals surface area contributed by atoms with E-state index < -0.39 is 11.4 Å². The third kappa shape index (κ3) is 2.15. The molecule has 0 saturated heterocycles. The Balaban J connectivity index is 2.79. The minimum atomic E-state index is -0.962. The molecule has 1 heterocycles. The average Bonchev–Trinajstić information content (AvgIpc) is 2.56. The molecule has 0 amide bonds. The molecule has 0 saturated carbocycles. The quantitative estimate of drug-likeness (QED) is 0.596. The summed E-state index contributed by atoms with van der Waals surface area (Å²) >= 11 is 0. The van der Waals surface area contributed by atoms with Crippen molar-refractivity contribution in [1.29, 1.82) is 5.41 Å². The van der Waals surface area contributed by atoms with Gasteiger partial charge in [0.05, 0.1) is 17.3 Å². The molecular weight excluding hydrogens is 184 g/mol. The van der Waals surface area contributed by atoms with Gasteiger partial charge in [-0.25, -0.2) is 0 Å². The summed E-state index contributed by atoms with van der Waals surface area (Å²) in [5.74, 6) is -0.921. The Bertz CT molecular complexity index is 322. The van der Waals surface area contributed by atoms with E-state index in [0.29, 0.717) is 12.1 Å². The smallest absolute Gasteiger partial charge is 0.310 e. The topological polar surface area (TPSA) is 103 Å². The monoisotopic (exact) mass is 196 g/mol. The Morgan fingerprint density at radius 1 is 1.86 bits per heavy atom. The van der Waals surface area contributed by atoms with Gasteiger partial charge in [0.2, 0.25) is 0 Å². The van der Waals surface area contributed by atoms with Crippen LogP contribution in [0.25, 0.3) is 0 Å². The van der Waals surface area contributed by atoms with Gasteiger partial charge in [0.1, 0.15) is 0 Å². The van der Waals surface area contributed by atoms with E-state index in [1.807, 2.05) is 0 Å². The van der Waals surface area contributed by atoms with Crippen molar-refractivity contribution >= 4 is 12.2 Å². The number of carbonyl (C=O) groups is 1. The van der Waals surface area contributed by atoms with E-state index >= 15 is 0 Å². The van der Waals surface area contributed by atoms with Crippen LogP contribution in [0.15, 0.2) is 6.20 Å². The lowest BCUT2D eigenvalue weighted by Gasteiger charge is -2.21. The number of nitrogens with zero attached hydrogens (tertiary/aromatic N) is 2. The maximum absolute atomic E-state index is 11.0. The minimum absolute atomic E-state index is 0.196. The fourth-order valence-corrected chi connectivity index (χ4v) is 1.19. The van der Waals surface area contributed by atoms with Crippen LogP contribution in [0.2, 0.25) is 0 Å². The standard InChI is InChI=1S/C8H12N4O2/c1-8(2-3-9,7(13)14)4-6-5-10-12-11-6/h3,5,9H,2,4H2,1H3,(H,13,14)(H,10,11,12). The first-order valence-electron chi connectivity index (χ1n) is 4.16. The summed E-state index contributed by atoms with van der Waals surface area (Å²) in [4.78, 5) is 11.0. The first-order chi connectivity index (χ1) is 6.58. The predicted molar refractivity (Wildman–Crippen MR) is 49.2 cm³/mol. The van der Waals surface area contributed by atoms with E-state index in [9.17, 15) is 4.79 Å². The van der Waals surface area contributed by atoms with Crippen LogP contribution in [0.1, 0.15) is 19.0 Å². The first-order valence-corrected chi connectivity index (χ1v) is 4.16. The maximum Gasteiger partial charge on any atom is 0.310 e. The number of aromatic amines is 1. The summed E-state index contributed by atoms with van der Waals surface area (Å²) in [7, 11) is 0. The van der Waals surface area contributed by atoms with E-state index in [2.05, 4.69) is 15.4 Å². The third-order valence-corrected chi connectivity index (χ3v) is 2.11. The molecule has 6 heteroatoms. The van der Waals surface area contributed by atoms with Gasteiger partial charge in [-0.3, -0.25) is 9.89 Å². The Kier molecular flexibility index (Phi) is 2.95. The fraction of sp³-hybridized carbons (Fsp3) is 0.500. The lowest BCUT2D eigenvalue weighted by Crippen LogP contribution is -2.30. The molecule has 14 heavy (non-hydrogen) atoms. The second-order valence-corrected chi connectivity index (χ2v) is 3.43. The Morgan fingerprint density at radius 2 is 2.57 bits per heavy atom. The summed E-state index contributed by atoms with van der Waals surface area (Å²) < 4.78 is 0. The molecule has 1 aromatic rings. The number of H-pyrrole nitrogens is 1. The van der Waals surface area contributed by atoms with E-state index in [4.69, 9.17) is 10.5 Å². The molecule has 0 aliphatic heterocycles. The van der Waals surface area contributed by atoms with Gasteiger partial charge in [-0.2, -0.15) is 0 Å². The number of hydrogen-bond acceptors (Lipinski definition) is 4. The number of carboxylic acid groups (broad SMARTS) is 1. The second kappa shape index (κ2) is 3.99. The van der Waals surface area contributed by atoms with Gasteiger partial charge in [0.15, 0.2) is 0 Å². The van der Waals surface area contributed by atoms with Crippen LogP contribution < -0.4 is 0 Å². The van der Waals surface area contributed by atoms with Crippen molar-refractivity contribution in [3.8, 4) is 0 Å². The number of carboxylic acids is 1. The summed E-state index contributed by atoms with van der Waals surface area (Å²) in [5.41, 5.74) is -0.299. The summed E-state index contributed by atoms with van der Waals surface area (Å²) in [6, 6.07) is 0. The van der Waals surface area contributed by atoms with Crippen LogP contribution in [-0.2, 0) is 11.2 Å². The normalized spacial score (nSPS) is 14.6. The highest BCUT2D eigenvalue weighted by molar-refractivity contribution is 5.78. The van der Waals surface area contributed by atoms with Gasteiger partial charge in [-0.05, 0) is 19.6 Å². The van der Waals surface area contributed by atoms with Crippen molar-refractivity contribution in [2.45, 2.75) is 19.8 Å². The molecular formula is C8H12N4O2. The third-order valence-electron chi connectivity index (χ3n) is 2.11. The highest BCUT2D eigenvalue weighted by atomic mass is 16.4. The lowest BCUT2D eigenvalue weighted by atomic mass is 9.83. The molecule has 0 aliphatic rings. The fourth-order valence-electron chi connectivity index (χ4n) is 1.19. The zero-order valence-corrected chi connectivity index (χ0v) is 7.82. The molecule has 0 radical (unpaired) electrons. The molecule has 76 valence electrons. The van der Waals surface area contributed by atoms with Gasteiger partial charge < -0.3 is 10.5 Å². The molecule has 6 nitrogen and oxygen atoms in total. The summed E-state index contributed by atoms with van der Waals surface area (Å²) in [6.45, 7) is 1.60. The van der Waals surface area contributed by atoms with Crippen LogP contribution >= 0.6 is 0 Å². The molecule has 1 rings (SSSR count). The zero-order chi connectivity index (χ0) is 10.6. The number of hydrogen-bond donors (Lipinski definition) is 3. The van der Waals surface area contributed by atoms with Crippen LogP contribution in [0.3, 0.4) is 0 Å². The molecule has 1 atom stereocenters. The van der Waals surface area contributed by atoms with Gasteiger partial charge in [-0.15, -0.1) is 5.10 Å². The number of rotatable bonds is 5. The zero-order valence-electron chi connectivity index (χ0n) is 7.82. The van der Waals surface area contributed by atoms with Gasteiger partial charge >= 0.3 is 5.97 Å². The van der Waals surface area contributed by atoms with Crippen molar-refractivity contribution in [2.75, 3.05) is 0 Å². The van der Waals surface area contributed by atoms with E-state index in [-0.39, 0.29) is 6.42 Å². The lowest BCUT2D eigenvalue weighted by molar-refractivity contribution is -0.147. The van der Waals surface area contributed by atoms with Crippen molar-refractivity contribution < 1.29 is 9.90 Å².